The van der Waals surface area contributed by atoms with Gasteiger partial charge in [0.2, 0.25) is 0 Å². The number of halogens is 1. The van der Waals surface area contributed by atoms with E-state index in [0.717, 1.165) is 39.0 Å². The molecule has 0 saturated heterocycles. The molecular formula is C16H25BrN4. The first kappa shape index (κ1) is 17.8. The lowest BCUT2D eigenvalue weighted by atomic mass is 10.0. The van der Waals surface area contributed by atoms with Gasteiger partial charge in [0.25, 0.3) is 0 Å². The predicted molar refractivity (Wildman–Crippen MR) is 94.7 cm³/mol. The summed E-state index contributed by atoms with van der Waals surface area (Å²) in [7, 11) is 0. The number of nitrogens with zero attached hydrogens (tertiary/aromatic N) is 2. The summed E-state index contributed by atoms with van der Waals surface area (Å²) in [5.74, 6) is 0. The van der Waals surface area contributed by atoms with Gasteiger partial charge in [0.05, 0.1) is 0 Å². The van der Waals surface area contributed by atoms with Gasteiger partial charge in [-0.15, -0.1) is 17.0 Å². The van der Waals surface area contributed by atoms with E-state index in [1.807, 2.05) is 0 Å². The normalized spacial score (nSPS) is 16.7. The average molecular weight is 353 g/mol. The molecule has 21 heavy (non-hydrogen) atoms. The Morgan fingerprint density at radius 2 is 1.00 bits per heavy atom. The fraction of sp³-hybridized carbons (Fsp3) is 0.375. The van der Waals surface area contributed by atoms with E-state index in [0.29, 0.717) is 0 Å². The highest BCUT2D eigenvalue weighted by Gasteiger charge is 2.06. The second-order valence-corrected chi connectivity index (χ2v) is 4.93. The minimum Gasteiger partial charge on any atom is -0.354 e. The van der Waals surface area contributed by atoms with E-state index < -0.39 is 0 Å². The van der Waals surface area contributed by atoms with E-state index >= 15 is 0 Å². The highest BCUT2D eigenvalue weighted by atomic mass is 79.9. The summed E-state index contributed by atoms with van der Waals surface area (Å²) >= 11 is 0. The van der Waals surface area contributed by atoms with Crippen LogP contribution < -0.4 is 11.5 Å². The lowest BCUT2D eigenvalue weighted by Crippen LogP contribution is -2.17. The lowest BCUT2D eigenvalue weighted by molar-refractivity contribution is 0.487. The molecule has 4 nitrogen and oxygen atoms in total. The van der Waals surface area contributed by atoms with E-state index in [-0.39, 0.29) is 17.0 Å². The van der Waals surface area contributed by atoms with Crippen LogP contribution in [-0.4, -0.2) is 36.0 Å². The van der Waals surface area contributed by atoms with Gasteiger partial charge in [-0.25, -0.2) is 0 Å². The van der Waals surface area contributed by atoms with Crippen LogP contribution in [0.3, 0.4) is 0 Å². The molecule has 0 aromatic rings. The van der Waals surface area contributed by atoms with E-state index in [1.54, 1.807) is 0 Å². The molecule has 2 aliphatic heterocycles. The molecule has 2 aliphatic rings. The summed E-state index contributed by atoms with van der Waals surface area (Å²) in [4.78, 5) is 4.33. The van der Waals surface area contributed by atoms with Gasteiger partial charge in [-0.3, -0.25) is 0 Å². The quantitative estimate of drug-likeness (QED) is 0.769. The minimum absolute atomic E-state index is 0. The topological polar surface area (TPSA) is 58.5 Å². The zero-order valence-corrected chi connectivity index (χ0v) is 14.0. The summed E-state index contributed by atoms with van der Waals surface area (Å²) in [5.41, 5.74) is 13.5. The number of rotatable bonds is 6. The van der Waals surface area contributed by atoms with E-state index in [2.05, 4.69) is 58.9 Å². The second kappa shape index (κ2) is 9.60. The van der Waals surface area contributed by atoms with Crippen molar-refractivity contribution in [3.63, 3.8) is 0 Å². The van der Waals surface area contributed by atoms with Crippen molar-refractivity contribution in [2.75, 3.05) is 26.2 Å². The molecule has 0 saturated carbocycles. The Hall–Kier alpha value is -1.30. The Morgan fingerprint density at radius 1 is 0.667 bits per heavy atom. The molecule has 4 N–H and O–H groups in total. The minimum atomic E-state index is 0. The number of hydrogen-bond donors (Lipinski definition) is 2. The van der Waals surface area contributed by atoms with Gasteiger partial charge >= 0.3 is 0 Å². The Morgan fingerprint density at radius 3 is 1.29 bits per heavy atom. The Labute approximate surface area is 137 Å². The third-order valence-electron chi connectivity index (χ3n) is 3.36. The fourth-order valence-corrected chi connectivity index (χ4v) is 2.15. The Balaban J connectivity index is 0.00000220. The molecule has 0 spiro atoms. The zero-order valence-electron chi connectivity index (χ0n) is 12.3. The maximum absolute atomic E-state index is 5.52. The van der Waals surface area contributed by atoms with Crippen LogP contribution in [0.25, 0.3) is 0 Å². The van der Waals surface area contributed by atoms with Crippen LogP contribution in [0, 0.1) is 0 Å². The third kappa shape index (κ3) is 5.53. The molecule has 0 aromatic carbocycles. The van der Waals surface area contributed by atoms with Gasteiger partial charge in [0.15, 0.2) is 0 Å². The fourth-order valence-electron chi connectivity index (χ4n) is 2.15. The molecule has 0 aromatic heterocycles. The van der Waals surface area contributed by atoms with Crippen molar-refractivity contribution in [3.05, 3.63) is 60.3 Å². The van der Waals surface area contributed by atoms with Gasteiger partial charge in [0.1, 0.15) is 0 Å². The largest absolute Gasteiger partial charge is 0.354 e. The van der Waals surface area contributed by atoms with Crippen LogP contribution in [0.1, 0.15) is 12.8 Å². The third-order valence-corrected chi connectivity index (χ3v) is 3.36. The van der Waals surface area contributed by atoms with Crippen LogP contribution in [-0.2, 0) is 0 Å². The summed E-state index contributed by atoms with van der Waals surface area (Å²) in [6, 6.07) is 0. The van der Waals surface area contributed by atoms with Gasteiger partial charge in [0, 0.05) is 37.9 Å². The first-order valence-corrected chi connectivity index (χ1v) is 7.22. The van der Waals surface area contributed by atoms with Crippen molar-refractivity contribution >= 4 is 17.0 Å². The molecule has 2 rings (SSSR count). The smallest absolute Gasteiger partial charge is 0.0231 e. The second-order valence-electron chi connectivity index (χ2n) is 4.93. The Kier molecular flexibility index (Phi) is 8.12. The predicted octanol–water partition coefficient (Wildman–Crippen LogP) is 2.24. The first-order valence-electron chi connectivity index (χ1n) is 7.22. The standard InChI is InChI=1S/C16H24N4.BrH/c17-7-1-9-19-11-3-15(4-12-19)16-5-13-20(14-6-16)10-2-8-18;/h3-6,11-14H,1-2,7-10,17-18H2;1H. The summed E-state index contributed by atoms with van der Waals surface area (Å²) in [6.45, 7) is 3.42. The molecule has 0 aliphatic carbocycles. The average Bonchev–Trinajstić information content (AvgIpc) is 2.52. The molecule has 0 fully saturated rings. The molecule has 0 radical (unpaired) electrons. The summed E-state index contributed by atoms with van der Waals surface area (Å²) < 4.78 is 0. The maximum Gasteiger partial charge on any atom is 0.0231 e. The van der Waals surface area contributed by atoms with Gasteiger partial charge < -0.3 is 21.3 Å². The molecule has 5 heteroatoms. The highest BCUT2D eigenvalue weighted by Crippen LogP contribution is 2.19. The van der Waals surface area contributed by atoms with E-state index in [1.165, 1.54) is 11.1 Å². The van der Waals surface area contributed by atoms with Crippen molar-refractivity contribution in [3.8, 4) is 0 Å². The molecule has 0 bridgehead atoms. The van der Waals surface area contributed by atoms with Crippen molar-refractivity contribution in [2.24, 2.45) is 11.5 Å². The van der Waals surface area contributed by atoms with Gasteiger partial charge in [-0.1, -0.05) is 0 Å². The SMILES string of the molecule is Br.NCCCN1C=CC(=C2C=CN(CCCN)C=C2)C=C1. The van der Waals surface area contributed by atoms with Gasteiger partial charge in [-0.2, -0.15) is 0 Å². The molecule has 0 unspecified atom stereocenters. The molecule has 0 amide bonds. The maximum atomic E-state index is 5.52. The Bertz CT molecular complexity index is 389. The molecule has 0 atom stereocenters. The number of nitrogens with two attached hydrogens (primary N) is 2. The molecule has 2 heterocycles. The van der Waals surface area contributed by atoms with Crippen LogP contribution in [0.4, 0.5) is 0 Å². The molecule has 116 valence electrons. The summed E-state index contributed by atoms with van der Waals surface area (Å²) in [6.07, 6.45) is 19.1. The summed E-state index contributed by atoms with van der Waals surface area (Å²) in [5, 5.41) is 0. The molecular weight excluding hydrogens is 328 g/mol. The monoisotopic (exact) mass is 352 g/mol. The highest BCUT2D eigenvalue weighted by molar-refractivity contribution is 8.93. The van der Waals surface area contributed by atoms with E-state index in [9.17, 15) is 0 Å². The zero-order chi connectivity index (χ0) is 14.2. The lowest BCUT2D eigenvalue weighted by Gasteiger charge is -2.21. The number of hydrogen-bond acceptors (Lipinski definition) is 4. The van der Waals surface area contributed by atoms with Gasteiger partial charge in [-0.05, 0) is 61.4 Å². The first-order chi connectivity index (χ1) is 9.83. The van der Waals surface area contributed by atoms with Crippen molar-refractivity contribution in [2.45, 2.75) is 12.8 Å². The van der Waals surface area contributed by atoms with Crippen molar-refractivity contribution in [1.29, 1.82) is 0 Å². The van der Waals surface area contributed by atoms with Crippen molar-refractivity contribution < 1.29 is 0 Å². The van der Waals surface area contributed by atoms with Crippen LogP contribution in [0.15, 0.2) is 60.3 Å². The van der Waals surface area contributed by atoms with Crippen LogP contribution >= 0.6 is 17.0 Å². The number of allylic oxidation sites excluding steroid dienone is 6. The van der Waals surface area contributed by atoms with E-state index in [4.69, 9.17) is 11.5 Å². The van der Waals surface area contributed by atoms with Crippen LogP contribution in [0.2, 0.25) is 0 Å². The van der Waals surface area contributed by atoms with Crippen LogP contribution in [0.5, 0.6) is 0 Å². The van der Waals surface area contributed by atoms with Crippen molar-refractivity contribution in [1.82, 2.24) is 9.80 Å².